The van der Waals surface area contributed by atoms with Crippen molar-refractivity contribution in [1.29, 1.82) is 5.26 Å². The molecule has 0 saturated heterocycles. The van der Waals surface area contributed by atoms with E-state index in [0.29, 0.717) is 0 Å². The fraction of sp³-hybridized carbons (Fsp3) is 0.417. The van der Waals surface area contributed by atoms with Crippen LogP contribution in [0.2, 0.25) is 0 Å². The summed E-state index contributed by atoms with van der Waals surface area (Å²) in [6, 6.07) is 7.58. The number of pyridine rings is 2. The minimum Gasteiger partial charge on any atom is -0.444 e. The van der Waals surface area contributed by atoms with Crippen LogP contribution in [0, 0.1) is 11.3 Å². The number of hydrogen-bond acceptors (Lipinski definition) is 9. The standard InChI is InChI=1S/C24H26F3N7O4/c1-21(2,3)38-20(36)33-19-23(5,24(25,26)27)37-12-22(4,34-19)15-7-6-8-16(31-15)32-18(35)17-14(29)9-13(10-28)11-30-17/h6-9,11H,12,29H2,1-5H3,(H,31,32,35)(H,33,34,36)/t22-,23+/m0/s1. The average Bonchev–Trinajstić information content (AvgIpc) is 2.79. The molecule has 202 valence electrons. The number of alkyl carbamates (subject to hydrolysis) is 1. The van der Waals surface area contributed by atoms with Crippen molar-refractivity contribution in [2.45, 2.75) is 57.5 Å². The number of anilines is 2. The SMILES string of the molecule is CC(C)(C)OC(=O)NC1=N[C@](C)(c2cccc(NC(=O)c3ncc(C#N)cc3N)n2)CO[C@@]1(C)C(F)(F)F. The summed E-state index contributed by atoms with van der Waals surface area (Å²) in [6.45, 7) is 6.35. The second-order valence-corrected chi connectivity index (χ2v) is 9.82. The molecule has 0 fully saturated rings. The maximum Gasteiger partial charge on any atom is 0.424 e. The van der Waals surface area contributed by atoms with Gasteiger partial charge in [-0.1, -0.05) is 6.07 Å². The number of amides is 2. The zero-order valence-corrected chi connectivity index (χ0v) is 21.2. The van der Waals surface area contributed by atoms with Crippen LogP contribution in [0.5, 0.6) is 0 Å². The fourth-order valence-electron chi connectivity index (χ4n) is 3.35. The van der Waals surface area contributed by atoms with Crippen molar-refractivity contribution in [2.24, 2.45) is 4.99 Å². The smallest absolute Gasteiger partial charge is 0.424 e. The second-order valence-electron chi connectivity index (χ2n) is 9.82. The van der Waals surface area contributed by atoms with Crippen molar-refractivity contribution in [1.82, 2.24) is 15.3 Å². The first-order chi connectivity index (χ1) is 17.5. The third-order valence-electron chi connectivity index (χ3n) is 5.42. The minimum atomic E-state index is -4.92. The van der Waals surface area contributed by atoms with Crippen molar-refractivity contribution in [2.75, 3.05) is 17.7 Å². The molecule has 11 nitrogen and oxygen atoms in total. The van der Waals surface area contributed by atoms with Crippen molar-refractivity contribution in [3.05, 3.63) is 47.4 Å². The Labute approximate surface area is 216 Å². The third kappa shape index (κ3) is 6.00. The van der Waals surface area contributed by atoms with Gasteiger partial charge in [0.25, 0.3) is 5.91 Å². The van der Waals surface area contributed by atoms with Gasteiger partial charge in [0.05, 0.1) is 23.6 Å². The first-order valence-corrected chi connectivity index (χ1v) is 11.2. The van der Waals surface area contributed by atoms with Crippen LogP contribution in [0.25, 0.3) is 0 Å². The topological polar surface area (TPSA) is 165 Å². The van der Waals surface area contributed by atoms with Crippen LogP contribution in [0.4, 0.5) is 29.5 Å². The van der Waals surface area contributed by atoms with Gasteiger partial charge in [0.15, 0.2) is 5.69 Å². The highest BCUT2D eigenvalue weighted by Gasteiger charge is 2.60. The van der Waals surface area contributed by atoms with Crippen LogP contribution < -0.4 is 16.4 Å². The molecule has 14 heteroatoms. The molecule has 2 aromatic rings. The van der Waals surface area contributed by atoms with E-state index in [1.54, 1.807) is 20.8 Å². The van der Waals surface area contributed by atoms with Crippen molar-refractivity contribution >= 4 is 29.3 Å². The van der Waals surface area contributed by atoms with Crippen LogP contribution in [-0.2, 0) is 15.0 Å². The normalized spacial score (nSPS) is 21.6. The van der Waals surface area contributed by atoms with E-state index in [1.165, 1.54) is 37.4 Å². The van der Waals surface area contributed by atoms with Gasteiger partial charge in [-0.05, 0) is 52.8 Å². The first-order valence-electron chi connectivity index (χ1n) is 11.2. The molecule has 1 aliphatic heterocycles. The largest absolute Gasteiger partial charge is 0.444 e. The molecule has 0 radical (unpaired) electrons. The van der Waals surface area contributed by atoms with E-state index in [4.69, 9.17) is 20.5 Å². The Morgan fingerprint density at radius 2 is 1.89 bits per heavy atom. The first kappa shape index (κ1) is 28.3. The summed E-state index contributed by atoms with van der Waals surface area (Å²) in [7, 11) is 0. The van der Waals surface area contributed by atoms with Crippen molar-refractivity contribution < 1.29 is 32.2 Å². The van der Waals surface area contributed by atoms with Crippen LogP contribution in [0.1, 0.15) is 56.4 Å². The van der Waals surface area contributed by atoms with Gasteiger partial charge in [-0.25, -0.2) is 14.8 Å². The van der Waals surface area contributed by atoms with Gasteiger partial charge in [-0.15, -0.1) is 0 Å². The van der Waals surface area contributed by atoms with E-state index in [-0.39, 0.29) is 28.5 Å². The molecule has 0 bridgehead atoms. The molecule has 38 heavy (non-hydrogen) atoms. The molecule has 2 amide bonds. The Balaban J connectivity index is 1.95. The zero-order chi connectivity index (χ0) is 28.5. The van der Waals surface area contributed by atoms with Gasteiger partial charge < -0.3 is 20.5 Å². The van der Waals surface area contributed by atoms with Gasteiger partial charge in [0.2, 0.25) is 5.60 Å². The van der Waals surface area contributed by atoms with Crippen LogP contribution in [0.15, 0.2) is 35.5 Å². The Morgan fingerprint density at radius 1 is 1.21 bits per heavy atom. The molecule has 4 N–H and O–H groups in total. The molecule has 3 heterocycles. The Kier molecular flexibility index (Phi) is 7.38. The number of carbonyl (C=O) groups excluding carboxylic acids is 2. The number of nitrogens with one attached hydrogen (secondary N) is 2. The molecule has 0 aliphatic carbocycles. The van der Waals surface area contributed by atoms with Gasteiger partial charge in [0, 0.05) is 6.20 Å². The number of rotatable bonds is 3. The molecule has 0 unspecified atom stereocenters. The lowest BCUT2D eigenvalue weighted by atomic mass is 9.93. The molecule has 0 aromatic carbocycles. The molecule has 1 aliphatic rings. The molecular weight excluding hydrogens is 507 g/mol. The lowest BCUT2D eigenvalue weighted by molar-refractivity contribution is -0.250. The monoisotopic (exact) mass is 533 g/mol. The number of nitriles is 1. The number of nitrogen functional groups attached to an aromatic ring is 1. The zero-order valence-electron chi connectivity index (χ0n) is 21.2. The Hall–Kier alpha value is -4.25. The number of nitrogens with two attached hydrogens (primary N) is 1. The van der Waals surface area contributed by atoms with Gasteiger partial charge in [-0.3, -0.25) is 15.1 Å². The van der Waals surface area contributed by atoms with Crippen LogP contribution >= 0.6 is 0 Å². The van der Waals surface area contributed by atoms with Crippen LogP contribution in [0.3, 0.4) is 0 Å². The highest BCUT2D eigenvalue weighted by atomic mass is 19.4. The van der Waals surface area contributed by atoms with Crippen molar-refractivity contribution in [3.63, 3.8) is 0 Å². The summed E-state index contributed by atoms with van der Waals surface area (Å²) >= 11 is 0. The molecule has 0 saturated carbocycles. The van der Waals surface area contributed by atoms with Crippen LogP contribution in [-0.4, -0.2) is 51.8 Å². The number of alkyl halides is 3. The molecular formula is C24H26F3N7O4. The Morgan fingerprint density at radius 3 is 2.47 bits per heavy atom. The molecule has 3 rings (SSSR count). The maximum atomic E-state index is 14.0. The number of ether oxygens (including phenoxy) is 2. The molecule has 2 atom stereocenters. The van der Waals surface area contributed by atoms with E-state index >= 15 is 0 Å². The highest BCUT2D eigenvalue weighted by Crippen LogP contribution is 2.41. The summed E-state index contributed by atoms with van der Waals surface area (Å²) < 4.78 is 52.3. The van der Waals surface area contributed by atoms with Gasteiger partial charge in [-0.2, -0.15) is 18.4 Å². The molecule has 2 aromatic heterocycles. The number of amidine groups is 1. The number of nitrogens with zero attached hydrogens (tertiary/aromatic N) is 4. The van der Waals surface area contributed by atoms with E-state index < -0.39 is 47.4 Å². The Bertz CT molecular complexity index is 1330. The highest BCUT2D eigenvalue weighted by molar-refractivity contribution is 6.06. The fourth-order valence-corrected chi connectivity index (χ4v) is 3.35. The number of halogens is 3. The number of aromatic nitrogens is 2. The number of hydrogen-bond donors (Lipinski definition) is 3. The third-order valence-corrected chi connectivity index (χ3v) is 5.42. The lowest BCUT2D eigenvalue weighted by Crippen LogP contribution is -2.62. The summed E-state index contributed by atoms with van der Waals surface area (Å²) in [5.74, 6) is -1.50. The van der Waals surface area contributed by atoms with E-state index in [1.807, 2.05) is 6.07 Å². The minimum absolute atomic E-state index is 0.0280. The summed E-state index contributed by atoms with van der Waals surface area (Å²) in [5.41, 5.74) is 0.565. The van der Waals surface area contributed by atoms with Crippen molar-refractivity contribution in [3.8, 4) is 6.07 Å². The maximum absolute atomic E-state index is 14.0. The summed E-state index contributed by atoms with van der Waals surface area (Å²) in [5, 5.41) is 13.5. The van der Waals surface area contributed by atoms with E-state index in [2.05, 4.69) is 25.6 Å². The predicted molar refractivity (Wildman–Crippen MR) is 130 cm³/mol. The second kappa shape index (κ2) is 9.90. The predicted octanol–water partition coefficient (Wildman–Crippen LogP) is 3.67. The average molecular weight is 534 g/mol. The van der Waals surface area contributed by atoms with E-state index in [0.717, 1.165) is 6.92 Å². The summed E-state index contributed by atoms with van der Waals surface area (Å²) in [6.07, 6.45) is -4.87. The lowest BCUT2D eigenvalue weighted by Gasteiger charge is -2.41. The number of carbonyl (C=O) groups is 2. The van der Waals surface area contributed by atoms with E-state index in [9.17, 15) is 22.8 Å². The summed E-state index contributed by atoms with van der Waals surface area (Å²) in [4.78, 5) is 37.4. The number of aliphatic imine (C=N–C) groups is 1. The van der Waals surface area contributed by atoms with Gasteiger partial charge in [0.1, 0.15) is 28.9 Å². The van der Waals surface area contributed by atoms with Gasteiger partial charge >= 0.3 is 12.3 Å². The molecule has 0 spiro atoms. The quantitative estimate of drug-likeness (QED) is 0.538.